The van der Waals surface area contributed by atoms with E-state index in [2.05, 4.69) is 16.5 Å². The number of Topliss-reactive ketones (excluding diaryl/α,β-unsaturated/α-hetero) is 1. The van der Waals surface area contributed by atoms with Crippen molar-refractivity contribution >= 4 is 17.5 Å². The van der Waals surface area contributed by atoms with Crippen molar-refractivity contribution in [3.8, 4) is 17.5 Å². The Bertz CT molecular complexity index is 1200. The maximum atomic E-state index is 13.2. The van der Waals surface area contributed by atoms with E-state index in [0.717, 1.165) is 6.42 Å². The van der Waals surface area contributed by atoms with Gasteiger partial charge in [0.1, 0.15) is 29.0 Å². The van der Waals surface area contributed by atoms with Gasteiger partial charge in [-0.3, -0.25) is 9.59 Å². The number of anilines is 1. The highest BCUT2D eigenvalue weighted by molar-refractivity contribution is 5.98. The third-order valence-corrected chi connectivity index (χ3v) is 5.32. The van der Waals surface area contributed by atoms with Crippen LogP contribution < -0.4 is 15.8 Å². The van der Waals surface area contributed by atoms with Crippen LogP contribution in [-0.2, 0) is 11.2 Å². The van der Waals surface area contributed by atoms with Crippen LogP contribution in [0.2, 0.25) is 0 Å². The molecule has 0 aliphatic carbocycles. The van der Waals surface area contributed by atoms with Gasteiger partial charge in [-0.25, -0.2) is 9.07 Å². The second kappa shape index (κ2) is 12.3. The average molecular weight is 478 g/mol. The van der Waals surface area contributed by atoms with Crippen LogP contribution in [0.4, 0.5) is 10.2 Å². The highest BCUT2D eigenvalue weighted by atomic mass is 19.1. The third-order valence-electron chi connectivity index (χ3n) is 5.32. The summed E-state index contributed by atoms with van der Waals surface area (Å²) in [5.41, 5.74) is 7.91. The van der Waals surface area contributed by atoms with Crippen LogP contribution in [0.1, 0.15) is 54.2 Å². The molecule has 182 valence electrons. The Morgan fingerprint density at radius 1 is 1.14 bits per heavy atom. The summed E-state index contributed by atoms with van der Waals surface area (Å²) in [5.74, 6) is 0.180. The van der Waals surface area contributed by atoms with Crippen LogP contribution in [-0.4, -0.2) is 34.6 Å². The van der Waals surface area contributed by atoms with Crippen molar-refractivity contribution in [3.05, 3.63) is 71.2 Å². The number of ketones is 1. The van der Waals surface area contributed by atoms with Crippen molar-refractivity contribution < 1.29 is 18.7 Å². The van der Waals surface area contributed by atoms with E-state index >= 15 is 0 Å². The smallest absolute Gasteiger partial charge is 0.220 e. The maximum Gasteiger partial charge on any atom is 0.220 e. The number of carbonyl (C=O) groups is 2. The largest absolute Gasteiger partial charge is 0.494 e. The number of nitrogens with two attached hydrogens (primary N) is 1. The molecular formula is C26H28FN5O3. The van der Waals surface area contributed by atoms with Crippen LogP contribution >= 0.6 is 0 Å². The van der Waals surface area contributed by atoms with Crippen molar-refractivity contribution in [2.24, 2.45) is 0 Å². The molecule has 0 atom stereocenters. The van der Waals surface area contributed by atoms with Gasteiger partial charge in [-0.2, -0.15) is 10.4 Å². The quantitative estimate of drug-likeness (QED) is 0.301. The summed E-state index contributed by atoms with van der Waals surface area (Å²) in [4.78, 5) is 24.5. The van der Waals surface area contributed by atoms with Gasteiger partial charge in [0, 0.05) is 24.9 Å². The molecule has 8 nitrogen and oxygen atoms in total. The number of nitrogen functional groups attached to an aromatic ring is 1. The number of carbonyl (C=O) groups excluding carboxylic acids is 2. The molecule has 1 amide bonds. The van der Waals surface area contributed by atoms with Gasteiger partial charge < -0.3 is 15.8 Å². The predicted molar refractivity (Wildman–Crippen MR) is 130 cm³/mol. The van der Waals surface area contributed by atoms with E-state index in [0.29, 0.717) is 48.7 Å². The van der Waals surface area contributed by atoms with Crippen molar-refractivity contribution in [3.63, 3.8) is 0 Å². The molecule has 3 aromatic rings. The fourth-order valence-electron chi connectivity index (χ4n) is 3.45. The topological polar surface area (TPSA) is 123 Å². The molecule has 0 fully saturated rings. The minimum absolute atomic E-state index is 0.0858. The minimum Gasteiger partial charge on any atom is -0.494 e. The van der Waals surface area contributed by atoms with Crippen LogP contribution in [0.5, 0.6) is 5.75 Å². The first-order valence-electron chi connectivity index (χ1n) is 11.5. The Hall–Kier alpha value is -4.19. The van der Waals surface area contributed by atoms with E-state index in [1.807, 2.05) is 6.92 Å². The second-order valence-corrected chi connectivity index (χ2v) is 7.96. The monoisotopic (exact) mass is 477 g/mol. The van der Waals surface area contributed by atoms with Gasteiger partial charge in [0.25, 0.3) is 0 Å². The summed E-state index contributed by atoms with van der Waals surface area (Å²) in [5, 5.41) is 16.6. The van der Waals surface area contributed by atoms with Crippen molar-refractivity contribution in [2.75, 3.05) is 18.9 Å². The number of nitrogens with one attached hydrogen (secondary N) is 1. The molecule has 3 rings (SSSR count). The molecule has 2 aromatic carbocycles. The molecule has 3 N–H and O–H groups in total. The molecule has 0 saturated heterocycles. The number of nitriles is 1. The molecular weight excluding hydrogens is 449 g/mol. The number of hydrogen-bond acceptors (Lipinski definition) is 6. The number of nitrogens with zero attached hydrogens (tertiary/aromatic N) is 3. The van der Waals surface area contributed by atoms with Crippen molar-refractivity contribution in [2.45, 2.75) is 39.0 Å². The van der Waals surface area contributed by atoms with Crippen LogP contribution in [0.25, 0.3) is 5.69 Å². The second-order valence-electron chi connectivity index (χ2n) is 7.96. The van der Waals surface area contributed by atoms with Gasteiger partial charge in [0.05, 0.1) is 18.0 Å². The van der Waals surface area contributed by atoms with Gasteiger partial charge in [-0.05, 0) is 67.8 Å². The normalized spacial score (nSPS) is 10.5. The van der Waals surface area contributed by atoms with E-state index in [-0.39, 0.29) is 41.7 Å². The summed E-state index contributed by atoms with van der Waals surface area (Å²) in [6.07, 6.45) is 2.06. The molecule has 1 aromatic heterocycles. The standard InChI is InChI=1S/C26H28FN5O3/c1-2-16-35-21-11-5-18(6-12-21)24(33)13-14-25(34)30-15-3-4-23-22(17-28)26(29)32(31-23)20-9-7-19(27)8-10-20/h5-12H,2-4,13-16,29H2,1H3,(H,30,34). The number of rotatable bonds is 12. The lowest BCUT2D eigenvalue weighted by molar-refractivity contribution is -0.121. The van der Waals surface area contributed by atoms with E-state index in [1.54, 1.807) is 24.3 Å². The fraction of sp³-hybridized carbons (Fsp3) is 0.308. The molecule has 0 radical (unpaired) electrons. The molecule has 0 bridgehead atoms. The summed E-state index contributed by atoms with van der Waals surface area (Å²) >= 11 is 0. The number of aromatic nitrogens is 2. The Balaban J connectivity index is 1.45. The van der Waals surface area contributed by atoms with Crippen molar-refractivity contribution in [1.29, 1.82) is 5.26 Å². The molecule has 1 heterocycles. The zero-order valence-electron chi connectivity index (χ0n) is 19.6. The maximum absolute atomic E-state index is 13.2. The van der Waals surface area contributed by atoms with E-state index in [4.69, 9.17) is 10.5 Å². The highest BCUT2D eigenvalue weighted by Crippen LogP contribution is 2.21. The minimum atomic E-state index is -0.382. The Morgan fingerprint density at radius 2 is 1.86 bits per heavy atom. The number of ether oxygens (including phenoxy) is 1. The van der Waals surface area contributed by atoms with E-state index in [1.165, 1.54) is 28.9 Å². The van der Waals surface area contributed by atoms with E-state index < -0.39 is 0 Å². The Morgan fingerprint density at radius 3 is 2.51 bits per heavy atom. The van der Waals surface area contributed by atoms with E-state index in [9.17, 15) is 19.2 Å². The molecule has 0 saturated carbocycles. The van der Waals surface area contributed by atoms with Crippen LogP contribution in [0.3, 0.4) is 0 Å². The first kappa shape index (κ1) is 25.4. The lowest BCUT2D eigenvalue weighted by atomic mass is 10.1. The SMILES string of the molecule is CCCOc1ccc(C(=O)CCC(=O)NCCCc2nn(-c3ccc(F)cc3)c(N)c2C#N)cc1. The summed E-state index contributed by atoms with van der Waals surface area (Å²) in [6.45, 7) is 3.01. The number of benzene rings is 2. The van der Waals surface area contributed by atoms with Crippen molar-refractivity contribution in [1.82, 2.24) is 15.1 Å². The average Bonchev–Trinajstić information content (AvgIpc) is 3.19. The number of amides is 1. The predicted octanol–water partition coefficient (Wildman–Crippen LogP) is 3.97. The lowest BCUT2D eigenvalue weighted by Gasteiger charge is -2.06. The van der Waals surface area contributed by atoms with Gasteiger partial charge in [-0.1, -0.05) is 6.92 Å². The van der Waals surface area contributed by atoms with Gasteiger partial charge in [0.15, 0.2) is 5.78 Å². The first-order chi connectivity index (χ1) is 16.9. The van der Waals surface area contributed by atoms with Crippen LogP contribution in [0.15, 0.2) is 48.5 Å². The molecule has 35 heavy (non-hydrogen) atoms. The zero-order valence-corrected chi connectivity index (χ0v) is 19.6. The first-order valence-corrected chi connectivity index (χ1v) is 11.5. The molecule has 0 aliphatic heterocycles. The third kappa shape index (κ3) is 6.90. The Kier molecular flexibility index (Phi) is 8.95. The van der Waals surface area contributed by atoms with Gasteiger partial charge in [0.2, 0.25) is 5.91 Å². The highest BCUT2D eigenvalue weighted by Gasteiger charge is 2.16. The summed E-state index contributed by atoms with van der Waals surface area (Å²) in [6, 6.07) is 14.6. The van der Waals surface area contributed by atoms with Gasteiger partial charge in [-0.15, -0.1) is 0 Å². The fourth-order valence-corrected chi connectivity index (χ4v) is 3.45. The van der Waals surface area contributed by atoms with Crippen LogP contribution in [0, 0.1) is 17.1 Å². The molecule has 0 unspecified atom stereocenters. The number of aryl methyl sites for hydroxylation is 1. The molecule has 0 aliphatic rings. The molecule has 0 spiro atoms. The number of hydrogen-bond donors (Lipinski definition) is 2. The molecule has 9 heteroatoms. The zero-order chi connectivity index (χ0) is 25.2. The summed E-state index contributed by atoms with van der Waals surface area (Å²) < 4.78 is 20.1. The summed E-state index contributed by atoms with van der Waals surface area (Å²) in [7, 11) is 0. The lowest BCUT2D eigenvalue weighted by Crippen LogP contribution is -2.25. The van der Waals surface area contributed by atoms with Gasteiger partial charge >= 0.3 is 0 Å². The number of halogens is 1. The Labute approximate surface area is 203 Å².